The Morgan fingerprint density at radius 2 is 1.34 bits per heavy atom. The van der Waals surface area contributed by atoms with Gasteiger partial charge in [0.1, 0.15) is 13.7 Å². The minimum atomic E-state index is -0.608. The molecule has 0 bridgehead atoms. The van der Waals surface area contributed by atoms with Crippen molar-refractivity contribution in [3.05, 3.63) is 96.1 Å². The Morgan fingerprint density at radius 1 is 0.771 bits per heavy atom. The number of para-hydroxylation sites is 2. The Labute approximate surface area is 205 Å². The fraction of sp³-hybridized carbons (Fsp3) is 0.185. The maximum absolute atomic E-state index is 12.1. The zero-order valence-electron chi connectivity index (χ0n) is 20.2. The van der Waals surface area contributed by atoms with E-state index in [1.54, 1.807) is 12.1 Å². The number of hydrogen-bond acceptors (Lipinski definition) is 8. The first-order chi connectivity index (χ1) is 17.0. The molecule has 0 fully saturated rings. The van der Waals surface area contributed by atoms with E-state index >= 15 is 0 Å². The summed E-state index contributed by atoms with van der Waals surface area (Å²) in [5.41, 5.74) is 4.44. The highest BCUT2D eigenvalue weighted by Gasteiger charge is 2.19. The van der Waals surface area contributed by atoms with Gasteiger partial charge in [0.25, 0.3) is 0 Å². The molecule has 0 radical (unpaired) electrons. The highest BCUT2D eigenvalue weighted by atomic mass is 16.6. The lowest BCUT2D eigenvalue weighted by atomic mass is 10.0. The first kappa shape index (κ1) is 25.2. The predicted molar refractivity (Wildman–Crippen MR) is 138 cm³/mol. The van der Waals surface area contributed by atoms with E-state index in [9.17, 15) is 4.79 Å². The number of ether oxygens (including phenoxy) is 1. The van der Waals surface area contributed by atoms with Crippen molar-refractivity contribution in [1.29, 1.82) is 0 Å². The second-order valence-electron chi connectivity index (χ2n) is 7.39. The van der Waals surface area contributed by atoms with E-state index in [4.69, 9.17) is 19.5 Å². The number of nitrogens with zero attached hydrogens (tertiary/aromatic N) is 4. The summed E-state index contributed by atoms with van der Waals surface area (Å²) in [6.45, 7) is 3.81. The topological polar surface area (TPSA) is 85.1 Å². The van der Waals surface area contributed by atoms with Crippen LogP contribution in [0, 0.1) is 0 Å². The number of esters is 1. The normalized spacial score (nSPS) is 12.2. The number of carbonyl (C=O) groups is 1. The molecule has 180 valence electrons. The van der Waals surface area contributed by atoms with E-state index < -0.39 is 5.97 Å². The molecule has 8 heteroatoms. The lowest BCUT2D eigenvalue weighted by Crippen LogP contribution is -2.19. The number of hydrazone groups is 1. The van der Waals surface area contributed by atoms with Crippen LogP contribution < -0.4 is 5.01 Å². The molecule has 0 saturated heterocycles. The van der Waals surface area contributed by atoms with Gasteiger partial charge in [-0.2, -0.15) is 5.10 Å². The summed E-state index contributed by atoms with van der Waals surface area (Å²) >= 11 is 0. The minimum Gasteiger partial charge on any atom is -0.464 e. The monoisotopic (exact) mass is 472 g/mol. The van der Waals surface area contributed by atoms with Gasteiger partial charge in [0.05, 0.1) is 29.9 Å². The fourth-order valence-electron chi connectivity index (χ4n) is 3.15. The van der Waals surface area contributed by atoms with Crippen LogP contribution in [0.15, 0.2) is 100 Å². The Balaban J connectivity index is 1.81. The van der Waals surface area contributed by atoms with Crippen LogP contribution in [0.3, 0.4) is 0 Å². The number of hydrogen-bond donors (Lipinski definition) is 0. The average molecular weight is 473 g/mol. The van der Waals surface area contributed by atoms with Gasteiger partial charge in [0, 0.05) is 11.1 Å². The summed E-state index contributed by atoms with van der Waals surface area (Å²) in [6.07, 6.45) is 0. The van der Waals surface area contributed by atoms with E-state index in [-0.39, 0.29) is 12.3 Å². The van der Waals surface area contributed by atoms with Crippen molar-refractivity contribution in [2.75, 3.05) is 19.2 Å². The van der Waals surface area contributed by atoms with Gasteiger partial charge in [0.2, 0.25) is 0 Å². The molecular formula is C27H28N4O4. The van der Waals surface area contributed by atoms with Crippen molar-refractivity contribution < 1.29 is 19.2 Å². The lowest BCUT2D eigenvalue weighted by Gasteiger charge is -2.20. The molecule has 3 aromatic carbocycles. The Kier molecular flexibility index (Phi) is 9.13. The molecule has 0 amide bonds. The maximum atomic E-state index is 12.1. The second-order valence-corrected chi connectivity index (χ2v) is 7.39. The molecule has 0 aliphatic rings. The third-order valence-electron chi connectivity index (χ3n) is 5.03. The molecule has 0 aromatic heterocycles. The SMILES string of the molecule is CO/N=C(\C(=O)OC)c1ccccc1CO/N=C(C)/C(C)=N/N(c1ccccc1)c1ccccc1. The van der Waals surface area contributed by atoms with Crippen molar-refractivity contribution in [1.82, 2.24) is 0 Å². The molecule has 8 nitrogen and oxygen atoms in total. The maximum Gasteiger partial charge on any atom is 0.360 e. The van der Waals surface area contributed by atoms with Gasteiger partial charge in [0.15, 0.2) is 5.71 Å². The Hall–Kier alpha value is -4.46. The van der Waals surface area contributed by atoms with Gasteiger partial charge in [-0.3, -0.25) is 0 Å². The van der Waals surface area contributed by atoms with Crippen molar-refractivity contribution in [3.8, 4) is 0 Å². The van der Waals surface area contributed by atoms with Crippen molar-refractivity contribution >= 4 is 34.5 Å². The number of methoxy groups -OCH3 is 1. The molecule has 0 aliphatic carbocycles. The van der Waals surface area contributed by atoms with Gasteiger partial charge in [-0.25, -0.2) is 9.80 Å². The highest BCUT2D eigenvalue weighted by Crippen LogP contribution is 2.25. The molecule has 0 heterocycles. The van der Waals surface area contributed by atoms with Gasteiger partial charge >= 0.3 is 5.97 Å². The molecule has 35 heavy (non-hydrogen) atoms. The summed E-state index contributed by atoms with van der Waals surface area (Å²) in [4.78, 5) is 22.6. The quantitative estimate of drug-likeness (QED) is 0.227. The van der Waals surface area contributed by atoms with Gasteiger partial charge < -0.3 is 14.4 Å². The van der Waals surface area contributed by atoms with Gasteiger partial charge in [-0.05, 0) is 38.1 Å². The van der Waals surface area contributed by atoms with Crippen LogP contribution in [0.1, 0.15) is 25.0 Å². The molecular weight excluding hydrogens is 444 g/mol. The molecule has 0 atom stereocenters. The summed E-state index contributed by atoms with van der Waals surface area (Å²) in [5.74, 6) is -0.608. The third-order valence-corrected chi connectivity index (χ3v) is 5.03. The third kappa shape index (κ3) is 6.77. The lowest BCUT2D eigenvalue weighted by molar-refractivity contribution is -0.132. The smallest absolute Gasteiger partial charge is 0.360 e. The molecule has 0 saturated carbocycles. The zero-order valence-corrected chi connectivity index (χ0v) is 20.2. The zero-order chi connectivity index (χ0) is 25.0. The summed E-state index contributed by atoms with van der Waals surface area (Å²) in [6, 6.07) is 26.9. The van der Waals surface area contributed by atoms with E-state index in [0.29, 0.717) is 22.6 Å². The minimum absolute atomic E-state index is 0.0500. The fourth-order valence-corrected chi connectivity index (χ4v) is 3.15. The number of carbonyl (C=O) groups excluding carboxylic acids is 1. The number of oxime groups is 2. The molecule has 0 spiro atoms. The first-order valence-electron chi connectivity index (χ1n) is 10.9. The molecule has 0 unspecified atom stereocenters. The Morgan fingerprint density at radius 3 is 1.91 bits per heavy atom. The predicted octanol–water partition coefficient (Wildman–Crippen LogP) is 5.32. The van der Waals surface area contributed by atoms with Crippen LogP contribution in [0.25, 0.3) is 0 Å². The van der Waals surface area contributed by atoms with Crippen LogP contribution >= 0.6 is 0 Å². The Bertz CT molecular complexity index is 1170. The second kappa shape index (κ2) is 12.7. The first-order valence-corrected chi connectivity index (χ1v) is 10.9. The van der Waals surface area contributed by atoms with Gasteiger partial charge in [-0.1, -0.05) is 71.0 Å². The largest absolute Gasteiger partial charge is 0.464 e. The van der Waals surface area contributed by atoms with Crippen LogP contribution in [0.5, 0.6) is 0 Å². The summed E-state index contributed by atoms with van der Waals surface area (Å²) in [7, 11) is 2.66. The number of anilines is 2. The van der Waals surface area contributed by atoms with Gasteiger partial charge in [-0.15, -0.1) is 0 Å². The van der Waals surface area contributed by atoms with E-state index in [1.807, 2.05) is 91.7 Å². The van der Waals surface area contributed by atoms with Crippen LogP contribution in [-0.4, -0.2) is 37.3 Å². The molecule has 3 aromatic rings. The van der Waals surface area contributed by atoms with Crippen molar-refractivity contribution in [2.45, 2.75) is 20.5 Å². The van der Waals surface area contributed by atoms with E-state index in [0.717, 1.165) is 11.4 Å². The molecule has 0 aliphatic heterocycles. The molecule has 3 rings (SSSR count). The highest BCUT2D eigenvalue weighted by molar-refractivity contribution is 6.43. The van der Waals surface area contributed by atoms with Crippen LogP contribution in [0.2, 0.25) is 0 Å². The summed E-state index contributed by atoms with van der Waals surface area (Å²) in [5, 5.41) is 14.7. The summed E-state index contributed by atoms with van der Waals surface area (Å²) < 4.78 is 4.82. The van der Waals surface area contributed by atoms with Crippen LogP contribution in [0.4, 0.5) is 11.4 Å². The standard InChI is InChI=1S/C27H28N4O4/c1-20(28-31(23-14-7-5-8-15-23)24-16-9-6-10-17-24)21(2)29-35-19-22-13-11-12-18-25(22)26(30-34-4)27(32)33-3/h5-18H,19H2,1-4H3/b28-20+,29-21+,30-26-. The average Bonchev–Trinajstić information content (AvgIpc) is 2.91. The van der Waals surface area contributed by atoms with E-state index in [1.165, 1.54) is 14.2 Å². The van der Waals surface area contributed by atoms with E-state index in [2.05, 4.69) is 10.3 Å². The molecule has 0 N–H and O–H groups in total. The van der Waals surface area contributed by atoms with Crippen molar-refractivity contribution in [2.24, 2.45) is 15.4 Å². The number of rotatable bonds is 10. The number of benzene rings is 3. The van der Waals surface area contributed by atoms with Crippen LogP contribution in [-0.2, 0) is 25.8 Å². The van der Waals surface area contributed by atoms with Crippen molar-refractivity contribution in [3.63, 3.8) is 0 Å².